The van der Waals surface area contributed by atoms with E-state index in [-0.39, 0.29) is 17.6 Å². The average molecular weight is 617 g/mol. The van der Waals surface area contributed by atoms with Crippen molar-refractivity contribution in [1.29, 1.82) is 0 Å². The number of rotatable bonds is 9. The first kappa shape index (κ1) is 28.3. The van der Waals surface area contributed by atoms with E-state index in [0.717, 1.165) is 77.2 Å². The topological polar surface area (TPSA) is 120 Å². The maximum Gasteiger partial charge on any atom is 0.227 e. The van der Waals surface area contributed by atoms with Crippen LogP contribution in [0.1, 0.15) is 42.6 Å². The highest BCUT2D eigenvalue weighted by molar-refractivity contribution is 6.14. The van der Waals surface area contributed by atoms with Crippen molar-refractivity contribution in [3.05, 3.63) is 90.0 Å². The molecule has 5 aromatic rings. The fourth-order valence-electron chi connectivity index (χ4n) is 6.19. The molecule has 2 aliphatic heterocycles. The number of nitrogens with one attached hydrogen (secondary N) is 3. The lowest BCUT2D eigenvalue weighted by Gasteiger charge is -2.17. The van der Waals surface area contributed by atoms with Gasteiger partial charge in [-0.3, -0.25) is 19.7 Å². The van der Waals surface area contributed by atoms with Crippen LogP contribution in [0.5, 0.6) is 5.75 Å². The molecule has 0 atom stereocenters. The van der Waals surface area contributed by atoms with E-state index in [2.05, 4.69) is 35.7 Å². The van der Waals surface area contributed by atoms with Crippen LogP contribution in [0.2, 0.25) is 0 Å². The molecule has 1 amide bonds. The molecule has 0 spiro atoms. The number of benzene rings is 1. The zero-order valence-electron chi connectivity index (χ0n) is 25.2. The summed E-state index contributed by atoms with van der Waals surface area (Å²) >= 11 is 0. The first-order valence-corrected chi connectivity index (χ1v) is 15.8. The SMILES string of the molecule is O=C(Nc1cncc(-c2ccc3c(n2)C(c2cc4c(-c5cc(F)cc(OCCN6CCCC6)c5)cncc4[nH]2)=NNC3)c1)C1CC1. The Hall–Kier alpha value is -5.16. The Morgan fingerprint density at radius 1 is 1.00 bits per heavy atom. The van der Waals surface area contributed by atoms with E-state index in [9.17, 15) is 9.18 Å². The van der Waals surface area contributed by atoms with Gasteiger partial charge in [0.15, 0.2) is 0 Å². The number of carbonyl (C=O) groups is 1. The van der Waals surface area contributed by atoms with Crippen molar-refractivity contribution in [3.63, 3.8) is 0 Å². The molecule has 1 saturated heterocycles. The summed E-state index contributed by atoms with van der Waals surface area (Å²) in [6, 6.07) is 12.7. The van der Waals surface area contributed by atoms with Gasteiger partial charge in [0, 0.05) is 53.0 Å². The molecule has 1 aromatic carbocycles. The third kappa shape index (κ3) is 5.81. The normalized spacial score (nSPS) is 16.2. The van der Waals surface area contributed by atoms with Gasteiger partial charge in [0.1, 0.15) is 23.9 Å². The van der Waals surface area contributed by atoms with Crippen molar-refractivity contribution in [1.82, 2.24) is 30.3 Å². The fourth-order valence-corrected chi connectivity index (χ4v) is 6.19. The van der Waals surface area contributed by atoms with Gasteiger partial charge in [-0.2, -0.15) is 5.10 Å². The number of carbonyl (C=O) groups excluding carboxylic acids is 1. The molecule has 10 nitrogen and oxygen atoms in total. The van der Waals surface area contributed by atoms with Gasteiger partial charge in [-0.1, -0.05) is 6.07 Å². The molecule has 0 radical (unpaired) electrons. The van der Waals surface area contributed by atoms with Crippen molar-refractivity contribution >= 4 is 28.2 Å². The minimum absolute atomic E-state index is 0.0324. The number of nitrogens with zero attached hydrogens (tertiary/aromatic N) is 5. The van der Waals surface area contributed by atoms with E-state index in [0.29, 0.717) is 35.9 Å². The molecule has 11 heteroatoms. The molecular formula is C35H33FN8O2. The number of aromatic nitrogens is 4. The summed E-state index contributed by atoms with van der Waals surface area (Å²) in [5, 5.41) is 8.50. The number of hydrogen-bond acceptors (Lipinski definition) is 8. The number of amides is 1. The highest BCUT2D eigenvalue weighted by Crippen LogP contribution is 2.33. The van der Waals surface area contributed by atoms with Crippen molar-refractivity contribution in [2.45, 2.75) is 32.2 Å². The summed E-state index contributed by atoms with van der Waals surface area (Å²) in [4.78, 5) is 31.9. The maximum absolute atomic E-state index is 14.8. The summed E-state index contributed by atoms with van der Waals surface area (Å²) in [5.41, 5.74) is 10.7. The Bertz CT molecular complexity index is 1980. The summed E-state index contributed by atoms with van der Waals surface area (Å²) in [6.45, 7) is 4.06. The van der Waals surface area contributed by atoms with Crippen LogP contribution in [0.4, 0.5) is 10.1 Å². The lowest BCUT2D eigenvalue weighted by molar-refractivity contribution is -0.117. The van der Waals surface area contributed by atoms with Crippen LogP contribution in [0.3, 0.4) is 0 Å². The Labute approximate surface area is 265 Å². The second kappa shape index (κ2) is 12.0. The molecule has 0 unspecified atom stereocenters. The van der Waals surface area contributed by atoms with Crippen molar-refractivity contribution in [2.24, 2.45) is 11.0 Å². The van der Waals surface area contributed by atoms with Gasteiger partial charge >= 0.3 is 0 Å². The predicted molar refractivity (Wildman–Crippen MR) is 174 cm³/mol. The van der Waals surface area contributed by atoms with E-state index in [1.165, 1.54) is 25.0 Å². The Morgan fingerprint density at radius 2 is 1.87 bits per heavy atom. The van der Waals surface area contributed by atoms with Crippen LogP contribution >= 0.6 is 0 Å². The first-order chi connectivity index (χ1) is 22.6. The molecule has 8 rings (SSSR count). The number of hydrazone groups is 1. The number of H-pyrrole nitrogens is 1. The molecule has 1 aliphatic carbocycles. The molecular weight excluding hydrogens is 583 g/mol. The molecule has 1 saturated carbocycles. The first-order valence-electron chi connectivity index (χ1n) is 15.8. The largest absolute Gasteiger partial charge is 0.492 e. The number of halogens is 1. The van der Waals surface area contributed by atoms with Gasteiger partial charge in [-0.15, -0.1) is 0 Å². The Balaban J connectivity index is 1.09. The molecule has 3 N–H and O–H groups in total. The highest BCUT2D eigenvalue weighted by atomic mass is 19.1. The molecule has 46 heavy (non-hydrogen) atoms. The van der Waals surface area contributed by atoms with Gasteiger partial charge in [0.25, 0.3) is 0 Å². The predicted octanol–water partition coefficient (Wildman–Crippen LogP) is 5.50. The zero-order valence-corrected chi connectivity index (χ0v) is 25.2. The van der Waals surface area contributed by atoms with E-state index >= 15 is 0 Å². The summed E-state index contributed by atoms with van der Waals surface area (Å²) < 4.78 is 20.8. The van der Waals surface area contributed by atoms with Gasteiger partial charge in [0.05, 0.1) is 47.2 Å². The lowest BCUT2D eigenvalue weighted by Crippen LogP contribution is -2.25. The molecule has 2 fully saturated rings. The Morgan fingerprint density at radius 3 is 2.74 bits per heavy atom. The fraction of sp³-hybridized carbons (Fsp3) is 0.286. The lowest BCUT2D eigenvalue weighted by atomic mass is 10.0. The third-order valence-corrected chi connectivity index (χ3v) is 8.77. The summed E-state index contributed by atoms with van der Waals surface area (Å²) in [5.74, 6) is 0.271. The molecule has 0 bridgehead atoms. The van der Waals surface area contributed by atoms with E-state index in [1.807, 2.05) is 30.3 Å². The van der Waals surface area contributed by atoms with Crippen LogP contribution in [0.25, 0.3) is 33.3 Å². The van der Waals surface area contributed by atoms with Crippen LogP contribution in [0, 0.1) is 11.7 Å². The zero-order chi connectivity index (χ0) is 31.0. The van der Waals surface area contributed by atoms with Crippen molar-refractivity contribution in [3.8, 4) is 28.1 Å². The Kier molecular flexibility index (Phi) is 7.37. The highest BCUT2D eigenvalue weighted by Gasteiger charge is 2.29. The quantitative estimate of drug-likeness (QED) is 0.200. The summed E-state index contributed by atoms with van der Waals surface area (Å²) in [6.07, 6.45) is 11.2. The second-order valence-corrected chi connectivity index (χ2v) is 12.1. The number of pyridine rings is 3. The second-order valence-electron chi connectivity index (χ2n) is 12.1. The molecule has 3 aliphatic rings. The molecule has 232 valence electrons. The van der Waals surface area contributed by atoms with E-state index < -0.39 is 0 Å². The minimum atomic E-state index is -0.362. The number of fused-ring (bicyclic) bond motifs is 2. The van der Waals surface area contributed by atoms with Crippen LogP contribution < -0.4 is 15.5 Å². The van der Waals surface area contributed by atoms with Crippen molar-refractivity contribution < 1.29 is 13.9 Å². The van der Waals surface area contributed by atoms with Gasteiger partial charge in [0.2, 0.25) is 5.91 Å². The van der Waals surface area contributed by atoms with E-state index in [4.69, 9.17) is 9.72 Å². The van der Waals surface area contributed by atoms with Gasteiger partial charge in [-0.05, 0) is 74.7 Å². The van der Waals surface area contributed by atoms with Crippen molar-refractivity contribution in [2.75, 3.05) is 31.6 Å². The maximum atomic E-state index is 14.8. The number of anilines is 1. The average Bonchev–Trinajstić information content (AvgIpc) is 3.63. The van der Waals surface area contributed by atoms with Crippen LogP contribution in [-0.4, -0.2) is 62.7 Å². The third-order valence-electron chi connectivity index (χ3n) is 8.77. The van der Waals surface area contributed by atoms with Crippen LogP contribution in [0.15, 0.2) is 72.4 Å². The monoisotopic (exact) mass is 616 g/mol. The van der Waals surface area contributed by atoms with Gasteiger partial charge < -0.3 is 20.5 Å². The number of hydrogen-bond donors (Lipinski definition) is 3. The van der Waals surface area contributed by atoms with Gasteiger partial charge in [-0.25, -0.2) is 9.37 Å². The molecule has 6 heterocycles. The number of ether oxygens (including phenoxy) is 1. The molecule has 4 aromatic heterocycles. The smallest absolute Gasteiger partial charge is 0.227 e. The standard InChI is InChI=1S/C35H33FN8O2/c36-25-11-23(13-27(14-25)46-10-9-44-7-1-2-8-44)29-19-38-20-32-28(29)15-31(41-32)34-33-22(17-39-43-34)5-6-30(42-33)24-12-26(18-37-16-24)40-35(45)21-3-4-21/h5-6,11-16,18-21,39,41H,1-4,7-10,17H2,(H,40,45). The minimum Gasteiger partial charge on any atom is -0.492 e. The number of likely N-dealkylation sites (tertiary alicyclic amines) is 1. The summed E-state index contributed by atoms with van der Waals surface area (Å²) in [7, 11) is 0. The number of aromatic amines is 1. The van der Waals surface area contributed by atoms with E-state index in [1.54, 1.807) is 24.8 Å². The van der Waals surface area contributed by atoms with Crippen LogP contribution in [-0.2, 0) is 11.3 Å².